The van der Waals surface area contributed by atoms with Crippen LogP contribution in [0.2, 0.25) is 0 Å². The Bertz CT molecular complexity index is 652. The molecule has 4 nitrogen and oxygen atoms in total. The molecule has 1 aromatic heterocycles. The van der Waals surface area contributed by atoms with Gasteiger partial charge in [0.25, 0.3) is 0 Å². The maximum atomic E-state index is 10.4. The fourth-order valence-electron chi connectivity index (χ4n) is 3.98. The molecule has 0 saturated heterocycles. The van der Waals surface area contributed by atoms with Gasteiger partial charge in [-0.25, -0.2) is 4.98 Å². The number of ether oxygens (including phenoxy) is 1. The summed E-state index contributed by atoms with van der Waals surface area (Å²) in [5.74, 6) is 1.97. The van der Waals surface area contributed by atoms with E-state index in [0.29, 0.717) is 25.0 Å². The number of hydrogen-bond acceptors (Lipinski definition) is 3. The van der Waals surface area contributed by atoms with E-state index < -0.39 is 6.10 Å². The van der Waals surface area contributed by atoms with Crippen LogP contribution in [0.3, 0.4) is 0 Å². The van der Waals surface area contributed by atoms with Crippen molar-refractivity contribution in [3.8, 4) is 0 Å². The van der Waals surface area contributed by atoms with Crippen LogP contribution in [0.25, 0.3) is 11.0 Å². The molecule has 1 saturated carbocycles. The molecule has 0 bridgehead atoms. The maximum Gasteiger partial charge on any atom is 0.0959 e. The number of imidazole rings is 1. The number of nitrogens with zero attached hydrogens (tertiary/aromatic N) is 2. The van der Waals surface area contributed by atoms with Gasteiger partial charge in [0.1, 0.15) is 0 Å². The molecule has 1 heterocycles. The molecule has 1 aliphatic carbocycles. The van der Waals surface area contributed by atoms with Gasteiger partial charge in [-0.3, -0.25) is 0 Å². The predicted octanol–water partition coefficient (Wildman–Crippen LogP) is 3.87. The van der Waals surface area contributed by atoms with Gasteiger partial charge >= 0.3 is 0 Å². The van der Waals surface area contributed by atoms with Crippen molar-refractivity contribution in [1.82, 2.24) is 9.55 Å². The van der Waals surface area contributed by atoms with Crippen molar-refractivity contribution in [1.29, 1.82) is 0 Å². The highest BCUT2D eigenvalue weighted by Gasteiger charge is 2.31. The summed E-state index contributed by atoms with van der Waals surface area (Å²) >= 11 is 0. The standard InChI is InChI=1S/C20H30N2O2/c1-14(2)17-9-8-15(3)10-20(17)24-12-16(23)11-22-13-21-18-6-4-5-7-19(18)22/h4-7,13-17,20,23H,8-12H2,1-3H3/t15-,16+,17-,20-/m1/s1. The molecule has 3 rings (SSSR count). The van der Waals surface area contributed by atoms with Crippen molar-refractivity contribution in [3.05, 3.63) is 30.6 Å². The molecule has 24 heavy (non-hydrogen) atoms. The fourth-order valence-corrected chi connectivity index (χ4v) is 3.98. The summed E-state index contributed by atoms with van der Waals surface area (Å²) in [5.41, 5.74) is 2.02. The molecular formula is C20H30N2O2. The lowest BCUT2D eigenvalue weighted by Crippen LogP contribution is -2.36. The molecule has 0 aliphatic heterocycles. The molecule has 1 aromatic carbocycles. The van der Waals surface area contributed by atoms with Crippen molar-refractivity contribution in [2.45, 2.75) is 58.8 Å². The summed E-state index contributed by atoms with van der Waals surface area (Å²) in [6.45, 7) is 7.79. The van der Waals surface area contributed by atoms with Crippen LogP contribution in [0.1, 0.15) is 40.0 Å². The van der Waals surface area contributed by atoms with E-state index in [-0.39, 0.29) is 6.10 Å². The number of fused-ring (bicyclic) bond motifs is 1. The minimum atomic E-state index is -0.507. The van der Waals surface area contributed by atoms with E-state index in [0.717, 1.165) is 23.4 Å². The molecule has 1 N–H and O–H groups in total. The third-order valence-corrected chi connectivity index (χ3v) is 5.40. The minimum Gasteiger partial charge on any atom is -0.389 e. The van der Waals surface area contributed by atoms with Gasteiger partial charge in [0, 0.05) is 0 Å². The van der Waals surface area contributed by atoms with Crippen LogP contribution in [-0.2, 0) is 11.3 Å². The second-order valence-electron chi connectivity index (χ2n) is 7.74. The Labute approximate surface area is 144 Å². The first-order valence-electron chi connectivity index (χ1n) is 9.24. The van der Waals surface area contributed by atoms with Gasteiger partial charge in [0.2, 0.25) is 0 Å². The summed E-state index contributed by atoms with van der Waals surface area (Å²) < 4.78 is 8.17. The quantitative estimate of drug-likeness (QED) is 0.874. The summed E-state index contributed by atoms with van der Waals surface area (Å²) in [4.78, 5) is 4.38. The lowest BCUT2D eigenvalue weighted by atomic mass is 9.75. The van der Waals surface area contributed by atoms with E-state index in [2.05, 4.69) is 25.8 Å². The van der Waals surface area contributed by atoms with Crippen LogP contribution in [-0.4, -0.2) is 33.5 Å². The van der Waals surface area contributed by atoms with Crippen LogP contribution < -0.4 is 0 Å². The zero-order valence-corrected chi connectivity index (χ0v) is 15.1. The van der Waals surface area contributed by atoms with Crippen LogP contribution in [0.4, 0.5) is 0 Å². The topological polar surface area (TPSA) is 47.3 Å². The van der Waals surface area contributed by atoms with Crippen LogP contribution >= 0.6 is 0 Å². The first kappa shape index (κ1) is 17.4. The van der Waals surface area contributed by atoms with Gasteiger partial charge in [-0.15, -0.1) is 0 Å². The van der Waals surface area contributed by atoms with E-state index in [1.807, 2.05) is 28.8 Å². The number of hydrogen-bond donors (Lipinski definition) is 1. The Morgan fingerprint density at radius 1 is 1.29 bits per heavy atom. The van der Waals surface area contributed by atoms with Crippen molar-refractivity contribution >= 4 is 11.0 Å². The SMILES string of the molecule is CC(C)[C@H]1CC[C@@H](C)C[C@H]1OC[C@@H](O)Cn1cnc2ccccc21. The molecule has 132 valence electrons. The van der Waals surface area contributed by atoms with Gasteiger partial charge in [-0.2, -0.15) is 0 Å². The van der Waals surface area contributed by atoms with Crippen molar-refractivity contribution in [2.75, 3.05) is 6.61 Å². The molecule has 4 heteroatoms. The summed E-state index contributed by atoms with van der Waals surface area (Å²) in [6, 6.07) is 8.01. The highest BCUT2D eigenvalue weighted by molar-refractivity contribution is 5.74. The monoisotopic (exact) mass is 330 g/mol. The van der Waals surface area contributed by atoms with Crippen molar-refractivity contribution in [3.63, 3.8) is 0 Å². The number of aromatic nitrogens is 2. The Kier molecular flexibility index (Phi) is 5.57. The molecule has 4 atom stereocenters. The van der Waals surface area contributed by atoms with Crippen molar-refractivity contribution in [2.24, 2.45) is 17.8 Å². The Hall–Kier alpha value is -1.39. The normalized spacial score (nSPS) is 26.1. The maximum absolute atomic E-state index is 10.4. The van der Waals surface area contributed by atoms with Gasteiger partial charge in [-0.05, 0) is 42.7 Å². The van der Waals surface area contributed by atoms with E-state index in [1.54, 1.807) is 6.33 Å². The average molecular weight is 330 g/mol. The van der Waals surface area contributed by atoms with Gasteiger partial charge in [-0.1, -0.05) is 39.3 Å². The molecule has 1 fully saturated rings. The molecule has 1 aliphatic rings. The summed E-state index contributed by atoms with van der Waals surface area (Å²) in [6.07, 6.45) is 5.23. The molecule has 2 aromatic rings. The number of para-hydroxylation sites is 2. The smallest absolute Gasteiger partial charge is 0.0959 e. The first-order chi connectivity index (χ1) is 11.5. The lowest BCUT2D eigenvalue weighted by Gasteiger charge is -2.37. The first-order valence-corrected chi connectivity index (χ1v) is 9.24. The van der Waals surface area contributed by atoms with Gasteiger partial charge in [0.15, 0.2) is 0 Å². The predicted molar refractivity (Wildman–Crippen MR) is 96.8 cm³/mol. The fraction of sp³-hybridized carbons (Fsp3) is 0.650. The van der Waals surface area contributed by atoms with Crippen LogP contribution in [0.5, 0.6) is 0 Å². The molecular weight excluding hydrogens is 300 g/mol. The lowest BCUT2D eigenvalue weighted by molar-refractivity contribution is -0.0714. The summed E-state index contributed by atoms with van der Waals surface area (Å²) in [5, 5.41) is 10.4. The Morgan fingerprint density at radius 3 is 2.88 bits per heavy atom. The third kappa shape index (κ3) is 3.98. The number of aliphatic hydroxyl groups is 1. The summed E-state index contributed by atoms with van der Waals surface area (Å²) in [7, 11) is 0. The number of aliphatic hydroxyl groups excluding tert-OH is 1. The average Bonchev–Trinajstić information content (AvgIpc) is 2.96. The number of benzene rings is 1. The van der Waals surface area contributed by atoms with Crippen LogP contribution in [0, 0.1) is 17.8 Å². The van der Waals surface area contributed by atoms with E-state index in [4.69, 9.17) is 4.74 Å². The highest BCUT2D eigenvalue weighted by atomic mass is 16.5. The van der Waals surface area contributed by atoms with E-state index in [9.17, 15) is 5.11 Å². The zero-order valence-electron chi connectivity index (χ0n) is 15.1. The number of rotatable bonds is 6. The van der Waals surface area contributed by atoms with Crippen LogP contribution in [0.15, 0.2) is 30.6 Å². The highest BCUT2D eigenvalue weighted by Crippen LogP contribution is 2.35. The largest absolute Gasteiger partial charge is 0.389 e. The minimum absolute atomic E-state index is 0.280. The second-order valence-corrected chi connectivity index (χ2v) is 7.74. The Balaban J connectivity index is 1.57. The third-order valence-electron chi connectivity index (χ3n) is 5.40. The van der Waals surface area contributed by atoms with Crippen molar-refractivity contribution < 1.29 is 9.84 Å². The van der Waals surface area contributed by atoms with E-state index >= 15 is 0 Å². The molecule has 0 radical (unpaired) electrons. The second kappa shape index (κ2) is 7.66. The van der Waals surface area contributed by atoms with Gasteiger partial charge < -0.3 is 14.4 Å². The molecule has 0 spiro atoms. The molecule has 0 amide bonds. The molecule has 0 unspecified atom stereocenters. The zero-order chi connectivity index (χ0) is 17.1. The van der Waals surface area contributed by atoms with E-state index in [1.165, 1.54) is 12.8 Å². The van der Waals surface area contributed by atoms with Gasteiger partial charge in [0.05, 0.1) is 42.7 Å². The Morgan fingerprint density at radius 2 is 2.08 bits per heavy atom.